The van der Waals surface area contributed by atoms with E-state index in [1.54, 1.807) is 0 Å². The summed E-state index contributed by atoms with van der Waals surface area (Å²) in [5.74, 6) is -1.61. The predicted octanol–water partition coefficient (Wildman–Crippen LogP) is 2.15. The van der Waals surface area contributed by atoms with Gasteiger partial charge in [0, 0.05) is 18.2 Å². The monoisotopic (exact) mass is 315 g/mol. The fraction of sp³-hybridized carbons (Fsp3) is 0.500. The van der Waals surface area contributed by atoms with Gasteiger partial charge in [0.2, 0.25) is 10.0 Å². The van der Waals surface area contributed by atoms with Gasteiger partial charge in [0.15, 0.2) is 0 Å². The first-order valence-electron chi connectivity index (χ1n) is 6.83. The average Bonchev–Trinajstić information content (AvgIpc) is 2.41. The maximum absolute atomic E-state index is 13.6. The number of sulfonamides is 1. The Morgan fingerprint density at radius 1 is 1.43 bits per heavy atom. The smallest absolute Gasteiger partial charge is 0.304 e. The molecule has 0 saturated carbocycles. The Kier molecular flexibility index (Phi) is 4.63. The molecule has 1 aromatic rings. The summed E-state index contributed by atoms with van der Waals surface area (Å²) >= 11 is 0. The average molecular weight is 315 g/mol. The number of carboxylic acid groups (broad SMARTS) is 1. The number of hydrogen-bond acceptors (Lipinski definition) is 3. The lowest BCUT2D eigenvalue weighted by molar-refractivity contribution is -0.138. The van der Waals surface area contributed by atoms with Crippen LogP contribution in [0.4, 0.5) is 4.39 Å². The number of halogens is 1. The van der Waals surface area contributed by atoms with E-state index in [0.29, 0.717) is 12.8 Å². The first-order valence-corrected chi connectivity index (χ1v) is 8.27. The Hall–Kier alpha value is -1.47. The van der Waals surface area contributed by atoms with Crippen LogP contribution >= 0.6 is 0 Å². The van der Waals surface area contributed by atoms with Crippen LogP contribution in [0.1, 0.15) is 31.2 Å². The number of benzene rings is 1. The maximum Gasteiger partial charge on any atom is 0.304 e. The third-order valence-electron chi connectivity index (χ3n) is 3.79. The lowest BCUT2D eigenvalue weighted by atomic mass is 10.0. The molecule has 0 amide bonds. The standard InChI is InChI=1S/C14H18FNO4S/c1-10-12(15)6-4-7-13(10)21(19,20)16-8-3-2-5-11(16)9-14(17)18/h4,6-7,11H,2-3,5,8-9H2,1H3,(H,17,18). The second kappa shape index (κ2) is 6.11. The minimum absolute atomic E-state index is 0.0668. The molecule has 1 aliphatic rings. The van der Waals surface area contributed by atoms with Gasteiger partial charge in [-0.2, -0.15) is 4.31 Å². The van der Waals surface area contributed by atoms with E-state index in [9.17, 15) is 17.6 Å². The Morgan fingerprint density at radius 2 is 2.14 bits per heavy atom. The van der Waals surface area contributed by atoms with Crippen molar-refractivity contribution in [3.05, 3.63) is 29.6 Å². The molecule has 0 spiro atoms. The lowest BCUT2D eigenvalue weighted by Gasteiger charge is -2.34. The van der Waals surface area contributed by atoms with E-state index in [0.717, 1.165) is 6.42 Å². The summed E-state index contributed by atoms with van der Waals surface area (Å²) in [6.45, 7) is 1.69. The van der Waals surface area contributed by atoms with Gasteiger partial charge in [-0.3, -0.25) is 4.79 Å². The molecule has 0 bridgehead atoms. The Labute approximate surface area is 123 Å². The summed E-state index contributed by atoms with van der Waals surface area (Å²) in [5.41, 5.74) is 0.0668. The van der Waals surface area contributed by atoms with Crippen molar-refractivity contribution in [1.29, 1.82) is 0 Å². The molecule has 2 rings (SSSR count). The number of hydrogen-bond donors (Lipinski definition) is 1. The van der Waals surface area contributed by atoms with Crippen LogP contribution in [0.2, 0.25) is 0 Å². The van der Waals surface area contributed by atoms with E-state index >= 15 is 0 Å². The second-order valence-electron chi connectivity index (χ2n) is 5.23. The zero-order valence-electron chi connectivity index (χ0n) is 11.8. The van der Waals surface area contributed by atoms with E-state index in [1.165, 1.54) is 29.4 Å². The van der Waals surface area contributed by atoms with Crippen molar-refractivity contribution in [1.82, 2.24) is 4.31 Å². The first-order chi connectivity index (χ1) is 9.84. The van der Waals surface area contributed by atoms with Gasteiger partial charge in [0.05, 0.1) is 11.3 Å². The van der Waals surface area contributed by atoms with Crippen LogP contribution in [0.5, 0.6) is 0 Å². The van der Waals surface area contributed by atoms with Crippen molar-refractivity contribution < 1.29 is 22.7 Å². The molecule has 1 aliphatic heterocycles. The Morgan fingerprint density at radius 3 is 2.81 bits per heavy atom. The van der Waals surface area contributed by atoms with E-state index in [2.05, 4.69) is 0 Å². The normalized spacial score (nSPS) is 20.4. The number of nitrogens with zero attached hydrogens (tertiary/aromatic N) is 1. The van der Waals surface area contributed by atoms with Gasteiger partial charge in [0.1, 0.15) is 5.82 Å². The quantitative estimate of drug-likeness (QED) is 0.924. The van der Waals surface area contributed by atoms with Gasteiger partial charge >= 0.3 is 5.97 Å². The molecular weight excluding hydrogens is 297 g/mol. The highest BCUT2D eigenvalue weighted by Gasteiger charge is 2.35. The molecule has 1 unspecified atom stereocenters. The molecule has 0 aliphatic carbocycles. The summed E-state index contributed by atoms with van der Waals surface area (Å²) < 4.78 is 40.3. The number of carbonyl (C=O) groups is 1. The minimum atomic E-state index is -3.88. The number of rotatable bonds is 4. The van der Waals surface area contributed by atoms with Gasteiger partial charge in [0.25, 0.3) is 0 Å². The third kappa shape index (κ3) is 3.24. The van der Waals surface area contributed by atoms with Crippen LogP contribution < -0.4 is 0 Å². The second-order valence-corrected chi connectivity index (χ2v) is 7.09. The van der Waals surface area contributed by atoms with Crippen LogP contribution in [-0.4, -0.2) is 36.4 Å². The van der Waals surface area contributed by atoms with Gasteiger partial charge < -0.3 is 5.11 Å². The molecule has 1 heterocycles. The molecule has 0 radical (unpaired) electrons. The summed E-state index contributed by atoms with van der Waals surface area (Å²) in [5, 5.41) is 8.94. The summed E-state index contributed by atoms with van der Waals surface area (Å²) in [6.07, 6.45) is 1.77. The molecule has 1 fully saturated rings. The molecule has 7 heteroatoms. The van der Waals surface area contributed by atoms with Gasteiger partial charge in [-0.15, -0.1) is 0 Å². The van der Waals surface area contributed by atoms with Crippen molar-refractivity contribution >= 4 is 16.0 Å². The minimum Gasteiger partial charge on any atom is -0.481 e. The van der Waals surface area contributed by atoms with Crippen molar-refractivity contribution in [2.75, 3.05) is 6.54 Å². The number of aliphatic carboxylic acids is 1. The van der Waals surface area contributed by atoms with E-state index in [-0.39, 0.29) is 23.4 Å². The highest BCUT2D eigenvalue weighted by molar-refractivity contribution is 7.89. The SMILES string of the molecule is Cc1c(F)cccc1S(=O)(=O)N1CCCCC1CC(=O)O. The van der Waals surface area contributed by atoms with Gasteiger partial charge in [-0.1, -0.05) is 12.5 Å². The number of carboxylic acids is 1. The fourth-order valence-corrected chi connectivity index (χ4v) is 4.62. The van der Waals surface area contributed by atoms with E-state index in [4.69, 9.17) is 5.11 Å². The highest BCUT2D eigenvalue weighted by atomic mass is 32.2. The van der Waals surface area contributed by atoms with Crippen LogP contribution in [-0.2, 0) is 14.8 Å². The highest BCUT2D eigenvalue weighted by Crippen LogP contribution is 2.29. The fourth-order valence-electron chi connectivity index (χ4n) is 2.69. The van der Waals surface area contributed by atoms with Crippen LogP contribution in [0.15, 0.2) is 23.1 Å². The molecule has 21 heavy (non-hydrogen) atoms. The molecule has 1 atom stereocenters. The zero-order valence-corrected chi connectivity index (χ0v) is 12.6. The van der Waals surface area contributed by atoms with E-state index in [1.807, 2.05) is 0 Å². The Bertz CT molecular complexity index is 644. The van der Waals surface area contributed by atoms with Crippen LogP contribution in [0.3, 0.4) is 0 Å². The maximum atomic E-state index is 13.6. The predicted molar refractivity (Wildman–Crippen MR) is 74.9 cm³/mol. The van der Waals surface area contributed by atoms with Crippen molar-refractivity contribution in [2.45, 2.75) is 43.5 Å². The molecule has 1 saturated heterocycles. The van der Waals surface area contributed by atoms with Gasteiger partial charge in [-0.05, 0) is 31.9 Å². The summed E-state index contributed by atoms with van der Waals surface area (Å²) in [7, 11) is -3.88. The third-order valence-corrected chi connectivity index (χ3v) is 5.88. The lowest BCUT2D eigenvalue weighted by Crippen LogP contribution is -2.44. The topological polar surface area (TPSA) is 74.7 Å². The van der Waals surface area contributed by atoms with Crippen molar-refractivity contribution in [2.24, 2.45) is 0 Å². The largest absolute Gasteiger partial charge is 0.481 e. The molecule has 116 valence electrons. The molecule has 1 aromatic carbocycles. The Balaban J connectivity index is 2.40. The molecule has 5 nitrogen and oxygen atoms in total. The van der Waals surface area contributed by atoms with Crippen molar-refractivity contribution in [3.8, 4) is 0 Å². The molecular formula is C14H18FNO4S. The van der Waals surface area contributed by atoms with Crippen LogP contribution in [0.25, 0.3) is 0 Å². The first kappa shape index (κ1) is 15.9. The molecule has 1 N–H and O–H groups in total. The number of piperidine rings is 1. The zero-order chi connectivity index (χ0) is 15.6. The van der Waals surface area contributed by atoms with E-state index < -0.39 is 27.9 Å². The van der Waals surface area contributed by atoms with Gasteiger partial charge in [-0.25, -0.2) is 12.8 Å². The van der Waals surface area contributed by atoms with Crippen LogP contribution in [0, 0.1) is 12.7 Å². The van der Waals surface area contributed by atoms with Crippen molar-refractivity contribution in [3.63, 3.8) is 0 Å². The molecule has 0 aromatic heterocycles. The summed E-state index contributed by atoms with van der Waals surface area (Å²) in [6, 6.07) is 3.36. The summed E-state index contributed by atoms with van der Waals surface area (Å²) in [4.78, 5) is 10.8.